The molecule has 0 radical (unpaired) electrons. The molecule has 0 aliphatic heterocycles. The highest BCUT2D eigenvalue weighted by Crippen LogP contribution is 2.35. The van der Waals surface area contributed by atoms with E-state index in [1.165, 1.54) is 3.97 Å². The Labute approximate surface area is 203 Å². The molecule has 0 aliphatic rings. The fraction of sp³-hybridized carbons (Fsp3) is 0.0345. The monoisotopic (exact) mass is 475 g/mol. The Morgan fingerprint density at radius 2 is 1.49 bits per heavy atom. The van der Waals surface area contributed by atoms with Gasteiger partial charge in [-0.15, -0.1) is 0 Å². The fourth-order valence-corrected chi connectivity index (χ4v) is 5.78. The summed E-state index contributed by atoms with van der Waals surface area (Å²) in [4.78, 5) is 9.21. The van der Waals surface area contributed by atoms with Gasteiger partial charge in [0.2, 0.25) is 0 Å². The summed E-state index contributed by atoms with van der Waals surface area (Å²) in [6.45, 7) is 1.93. The highest BCUT2D eigenvalue weighted by Gasteiger charge is 2.23. The molecule has 0 amide bonds. The number of aryl methyl sites for hydroxylation is 1. The smallest absolute Gasteiger partial charge is 0.256 e. The van der Waals surface area contributed by atoms with Crippen LogP contribution in [0.5, 0.6) is 0 Å². The van der Waals surface area contributed by atoms with Crippen molar-refractivity contribution in [2.75, 3.05) is 0 Å². The van der Waals surface area contributed by atoms with E-state index in [2.05, 4.69) is 28.2 Å². The molecule has 0 spiro atoms. The molecule has 3 heterocycles. The van der Waals surface area contributed by atoms with Gasteiger partial charge < -0.3 is 0 Å². The lowest BCUT2D eigenvalue weighted by Gasteiger charge is -2.08. The Balaban J connectivity index is 1.57. The van der Waals surface area contributed by atoms with Crippen LogP contribution in [-0.2, 0) is 10.0 Å². The number of aromatic nitrogens is 3. The van der Waals surface area contributed by atoms with Gasteiger partial charge in [-0.25, -0.2) is 17.4 Å². The number of nitrogens with zero attached hydrogens (tertiary/aromatic N) is 3. The van der Waals surface area contributed by atoms with Crippen LogP contribution in [0.3, 0.4) is 0 Å². The summed E-state index contributed by atoms with van der Waals surface area (Å²) in [5, 5.41) is 1.77. The Kier molecular flexibility index (Phi) is 4.97. The van der Waals surface area contributed by atoms with E-state index in [1.54, 1.807) is 36.7 Å². The molecule has 35 heavy (non-hydrogen) atoms. The summed E-state index contributed by atoms with van der Waals surface area (Å²) in [5.74, 6) is 0. The van der Waals surface area contributed by atoms with Crippen molar-refractivity contribution in [1.82, 2.24) is 13.9 Å². The number of rotatable bonds is 4. The van der Waals surface area contributed by atoms with E-state index in [-0.39, 0.29) is 4.90 Å². The highest BCUT2D eigenvalue weighted by atomic mass is 32.2. The quantitative estimate of drug-likeness (QED) is 0.293. The number of hydrogen-bond acceptors (Lipinski definition) is 4. The Bertz CT molecular complexity index is 1810. The van der Waals surface area contributed by atoms with Crippen molar-refractivity contribution in [3.05, 3.63) is 115 Å². The summed E-state index contributed by atoms with van der Waals surface area (Å²) in [6.07, 6.45) is 5.10. The van der Waals surface area contributed by atoms with Crippen molar-refractivity contribution in [3.8, 4) is 22.3 Å². The number of pyridine rings is 2. The second kappa shape index (κ2) is 8.18. The van der Waals surface area contributed by atoms with Crippen LogP contribution in [-0.4, -0.2) is 22.4 Å². The second-order valence-electron chi connectivity index (χ2n) is 8.49. The molecule has 0 saturated heterocycles. The van der Waals surface area contributed by atoms with Gasteiger partial charge in [-0.05, 0) is 66.1 Å². The summed E-state index contributed by atoms with van der Waals surface area (Å²) in [6, 6.07) is 28.8. The summed E-state index contributed by atoms with van der Waals surface area (Å²) in [7, 11) is -3.82. The molecule has 6 heteroatoms. The van der Waals surface area contributed by atoms with Gasteiger partial charge in [-0.2, -0.15) is 0 Å². The molecule has 6 aromatic rings. The lowest BCUT2D eigenvalue weighted by Crippen LogP contribution is -2.12. The molecule has 3 aromatic heterocycles. The van der Waals surface area contributed by atoms with Crippen LogP contribution in [0.1, 0.15) is 5.56 Å². The van der Waals surface area contributed by atoms with Gasteiger partial charge in [-0.1, -0.05) is 54.1 Å². The standard InChI is InChI=1S/C29H21N3O2S/c1-20-9-12-23(13-10-20)35(33,34)32-19-27(25-8-5-16-31-29(25)32)22-11-14-28-26(18-22)24(15-17-30-28)21-6-3-2-4-7-21/h2-19H,1H3. The number of fused-ring (bicyclic) bond motifs is 2. The molecule has 6 rings (SSSR count). The molecule has 0 aliphatic carbocycles. The van der Waals surface area contributed by atoms with Crippen LogP contribution >= 0.6 is 0 Å². The van der Waals surface area contributed by atoms with Crippen LogP contribution in [0.4, 0.5) is 0 Å². The molecule has 0 saturated carbocycles. The summed E-state index contributed by atoms with van der Waals surface area (Å²) in [5.41, 5.74) is 6.16. The van der Waals surface area contributed by atoms with Crippen LogP contribution in [0.15, 0.2) is 114 Å². The van der Waals surface area contributed by atoms with Gasteiger partial charge in [0, 0.05) is 34.9 Å². The van der Waals surface area contributed by atoms with Gasteiger partial charge in [0.05, 0.1) is 10.4 Å². The van der Waals surface area contributed by atoms with Gasteiger partial charge in [-0.3, -0.25) is 4.98 Å². The Hall–Kier alpha value is -4.29. The van der Waals surface area contributed by atoms with E-state index in [9.17, 15) is 8.42 Å². The number of benzene rings is 3. The first-order valence-electron chi connectivity index (χ1n) is 11.3. The van der Waals surface area contributed by atoms with Gasteiger partial charge in [0.1, 0.15) is 0 Å². The maximum atomic E-state index is 13.6. The van der Waals surface area contributed by atoms with Gasteiger partial charge in [0.15, 0.2) is 5.65 Å². The van der Waals surface area contributed by atoms with E-state index in [0.29, 0.717) is 5.65 Å². The SMILES string of the molecule is Cc1ccc(S(=O)(=O)n2cc(-c3ccc4nccc(-c5ccccc5)c4c3)c3cccnc32)cc1. The third-order valence-electron chi connectivity index (χ3n) is 6.25. The van der Waals surface area contributed by atoms with Gasteiger partial charge in [0.25, 0.3) is 10.0 Å². The lowest BCUT2D eigenvalue weighted by molar-refractivity contribution is 0.589. The maximum Gasteiger partial charge on any atom is 0.269 e. The van der Waals surface area contributed by atoms with Crippen molar-refractivity contribution >= 4 is 32.0 Å². The highest BCUT2D eigenvalue weighted by molar-refractivity contribution is 7.90. The van der Waals surface area contributed by atoms with Crippen molar-refractivity contribution in [1.29, 1.82) is 0 Å². The van der Waals surface area contributed by atoms with Crippen molar-refractivity contribution in [2.45, 2.75) is 11.8 Å². The molecule has 0 fully saturated rings. The average Bonchev–Trinajstić information content (AvgIpc) is 3.29. The minimum atomic E-state index is -3.82. The van der Waals surface area contributed by atoms with E-state index in [0.717, 1.165) is 44.1 Å². The molecule has 0 atom stereocenters. The molecule has 0 unspecified atom stereocenters. The van der Waals surface area contributed by atoms with Gasteiger partial charge >= 0.3 is 0 Å². The zero-order valence-corrected chi connectivity index (χ0v) is 19.8. The zero-order chi connectivity index (χ0) is 24.0. The van der Waals surface area contributed by atoms with Crippen LogP contribution in [0.25, 0.3) is 44.2 Å². The average molecular weight is 476 g/mol. The van der Waals surface area contributed by atoms with Crippen LogP contribution in [0, 0.1) is 6.92 Å². The lowest BCUT2D eigenvalue weighted by atomic mass is 9.97. The zero-order valence-electron chi connectivity index (χ0n) is 19.0. The van der Waals surface area contributed by atoms with Crippen molar-refractivity contribution in [3.63, 3.8) is 0 Å². The first-order chi connectivity index (χ1) is 17.0. The fourth-order valence-electron chi connectivity index (χ4n) is 4.45. The third kappa shape index (κ3) is 3.59. The molecule has 0 bridgehead atoms. The topological polar surface area (TPSA) is 64.8 Å². The Morgan fingerprint density at radius 1 is 0.686 bits per heavy atom. The predicted molar refractivity (Wildman–Crippen MR) is 140 cm³/mol. The second-order valence-corrected chi connectivity index (χ2v) is 10.3. The molecular formula is C29H21N3O2S. The van der Waals surface area contributed by atoms with E-state index < -0.39 is 10.0 Å². The first-order valence-corrected chi connectivity index (χ1v) is 12.7. The first kappa shape index (κ1) is 21.3. The minimum absolute atomic E-state index is 0.228. The number of hydrogen-bond donors (Lipinski definition) is 0. The molecule has 0 N–H and O–H groups in total. The molecular weight excluding hydrogens is 454 g/mol. The van der Waals surface area contributed by atoms with Crippen molar-refractivity contribution < 1.29 is 8.42 Å². The summed E-state index contributed by atoms with van der Waals surface area (Å²) < 4.78 is 28.4. The third-order valence-corrected chi connectivity index (χ3v) is 7.91. The molecule has 3 aromatic carbocycles. The largest absolute Gasteiger partial charge is 0.269 e. The predicted octanol–water partition coefficient (Wildman–Crippen LogP) is 6.46. The maximum absolute atomic E-state index is 13.6. The van der Waals surface area contributed by atoms with Crippen molar-refractivity contribution in [2.24, 2.45) is 0 Å². The Morgan fingerprint density at radius 3 is 2.29 bits per heavy atom. The van der Waals surface area contributed by atoms with E-state index in [1.807, 2.05) is 61.7 Å². The molecule has 5 nitrogen and oxygen atoms in total. The van der Waals surface area contributed by atoms with E-state index >= 15 is 0 Å². The van der Waals surface area contributed by atoms with E-state index in [4.69, 9.17) is 0 Å². The normalized spacial score (nSPS) is 11.8. The summed E-state index contributed by atoms with van der Waals surface area (Å²) >= 11 is 0. The van der Waals surface area contributed by atoms with Crippen LogP contribution < -0.4 is 0 Å². The van der Waals surface area contributed by atoms with Crippen LogP contribution in [0.2, 0.25) is 0 Å². The minimum Gasteiger partial charge on any atom is -0.256 e. The molecule has 170 valence electrons.